The molecule has 0 spiro atoms. The molecule has 0 radical (unpaired) electrons. The van der Waals surface area contributed by atoms with E-state index in [0.29, 0.717) is 0 Å². The summed E-state index contributed by atoms with van der Waals surface area (Å²) < 4.78 is 49.6. The van der Waals surface area contributed by atoms with Crippen molar-refractivity contribution in [2.75, 3.05) is 13.7 Å². The summed E-state index contributed by atoms with van der Waals surface area (Å²) in [6, 6.07) is -2.57. The van der Waals surface area contributed by atoms with Crippen molar-refractivity contribution < 1.29 is 37.0 Å². The van der Waals surface area contributed by atoms with E-state index in [1.807, 2.05) is 0 Å². The van der Waals surface area contributed by atoms with Crippen molar-refractivity contribution in [3.05, 3.63) is 0 Å². The lowest BCUT2D eigenvalue weighted by Crippen LogP contribution is -2.57. The van der Waals surface area contributed by atoms with Crippen LogP contribution in [0.4, 0.5) is 18.0 Å². The molecule has 1 fully saturated rings. The number of ether oxygens (including phenoxy) is 2. The van der Waals surface area contributed by atoms with Crippen molar-refractivity contribution in [2.24, 2.45) is 11.3 Å². The number of alkyl halides is 3. The van der Waals surface area contributed by atoms with E-state index in [9.17, 15) is 27.6 Å². The summed E-state index contributed by atoms with van der Waals surface area (Å²) in [5.41, 5.74) is -1.75. The van der Waals surface area contributed by atoms with Gasteiger partial charge in [-0.1, -0.05) is 20.8 Å². The molecule has 3 atom stereocenters. The first-order valence-electron chi connectivity index (χ1n) is 8.92. The van der Waals surface area contributed by atoms with Gasteiger partial charge in [0, 0.05) is 6.54 Å². The van der Waals surface area contributed by atoms with Crippen molar-refractivity contribution in [1.29, 1.82) is 0 Å². The van der Waals surface area contributed by atoms with Crippen LogP contribution in [0, 0.1) is 11.3 Å². The van der Waals surface area contributed by atoms with Gasteiger partial charge >= 0.3 is 18.2 Å². The predicted molar refractivity (Wildman–Crippen MR) is 94.3 cm³/mol. The average Bonchev–Trinajstić information content (AvgIpc) is 2.94. The first-order valence-corrected chi connectivity index (χ1v) is 8.92. The number of hydrogen-bond acceptors (Lipinski definition) is 5. The minimum atomic E-state index is -4.57. The molecule has 1 aliphatic rings. The van der Waals surface area contributed by atoms with Crippen LogP contribution in [0.15, 0.2) is 0 Å². The van der Waals surface area contributed by atoms with Crippen LogP contribution in [-0.2, 0) is 19.1 Å². The molecular weight excluding hydrogens is 381 g/mol. The smallest absolute Gasteiger partial charge is 0.407 e. The molecular formula is C18H29F3N2O5. The van der Waals surface area contributed by atoms with Gasteiger partial charge in [-0.05, 0) is 32.6 Å². The number of nitrogens with one attached hydrogen (secondary N) is 1. The molecule has 1 heterocycles. The van der Waals surface area contributed by atoms with Gasteiger partial charge in [-0.2, -0.15) is 13.2 Å². The molecule has 162 valence electrons. The molecule has 0 aromatic carbocycles. The van der Waals surface area contributed by atoms with Gasteiger partial charge in [0.1, 0.15) is 17.7 Å². The summed E-state index contributed by atoms with van der Waals surface area (Å²) in [4.78, 5) is 38.1. The molecule has 10 heteroatoms. The number of alkyl carbamates (subject to hydrolysis) is 1. The van der Waals surface area contributed by atoms with Gasteiger partial charge in [0.25, 0.3) is 0 Å². The lowest BCUT2D eigenvalue weighted by Gasteiger charge is -2.35. The Labute approximate surface area is 162 Å². The van der Waals surface area contributed by atoms with Crippen molar-refractivity contribution in [1.82, 2.24) is 10.2 Å². The molecule has 1 rings (SSSR count). The van der Waals surface area contributed by atoms with E-state index < -0.39 is 66.1 Å². The SMILES string of the molecule is COC(=O)N[C@H](C(=O)N1C[C@H](C(F)(F)F)C[C@@H]1C(=O)OC(C)(C)C)C(C)(C)C. The maximum absolute atomic E-state index is 13.3. The number of likely N-dealkylation sites (tertiary alicyclic amines) is 1. The zero-order valence-corrected chi connectivity index (χ0v) is 17.3. The van der Waals surface area contributed by atoms with E-state index in [-0.39, 0.29) is 0 Å². The number of esters is 1. The lowest BCUT2D eigenvalue weighted by molar-refractivity contribution is -0.171. The van der Waals surface area contributed by atoms with Crippen LogP contribution in [0.3, 0.4) is 0 Å². The number of amides is 2. The molecule has 1 N–H and O–H groups in total. The second kappa shape index (κ2) is 8.16. The number of hydrogen-bond donors (Lipinski definition) is 1. The van der Waals surface area contributed by atoms with Crippen LogP contribution >= 0.6 is 0 Å². The highest BCUT2D eigenvalue weighted by Gasteiger charge is 2.53. The summed E-state index contributed by atoms with van der Waals surface area (Å²) >= 11 is 0. The Hall–Kier alpha value is -2.00. The Morgan fingerprint density at radius 1 is 1.07 bits per heavy atom. The normalized spacial score (nSPS) is 21.9. The van der Waals surface area contributed by atoms with E-state index in [4.69, 9.17) is 4.74 Å². The Balaban J connectivity index is 3.22. The monoisotopic (exact) mass is 410 g/mol. The molecule has 7 nitrogen and oxygen atoms in total. The van der Waals surface area contributed by atoms with Gasteiger partial charge in [0.15, 0.2) is 0 Å². The van der Waals surface area contributed by atoms with E-state index in [1.54, 1.807) is 41.5 Å². The number of methoxy groups -OCH3 is 1. The summed E-state index contributed by atoms with van der Waals surface area (Å²) in [6.07, 6.45) is -6.05. The Kier molecular flexibility index (Phi) is 7.01. The van der Waals surface area contributed by atoms with E-state index in [0.717, 1.165) is 12.0 Å². The maximum Gasteiger partial charge on any atom is 0.407 e. The zero-order valence-electron chi connectivity index (χ0n) is 17.3. The van der Waals surface area contributed by atoms with Gasteiger partial charge in [0.05, 0.1) is 13.0 Å². The number of nitrogens with zero attached hydrogens (tertiary/aromatic N) is 1. The number of rotatable bonds is 3. The molecule has 0 unspecified atom stereocenters. The Bertz CT molecular complexity index is 608. The zero-order chi connectivity index (χ0) is 22.1. The average molecular weight is 410 g/mol. The van der Waals surface area contributed by atoms with Crippen LogP contribution in [0.5, 0.6) is 0 Å². The van der Waals surface area contributed by atoms with E-state index in [1.165, 1.54) is 0 Å². The third-order valence-electron chi connectivity index (χ3n) is 4.29. The van der Waals surface area contributed by atoms with E-state index >= 15 is 0 Å². The van der Waals surface area contributed by atoms with Crippen LogP contribution in [0.1, 0.15) is 48.0 Å². The Morgan fingerprint density at radius 2 is 1.61 bits per heavy atom. The molecule has 2 amide bonds. The maximum atomic E-state index is 13.3. The standard InChI is InChI=1S/C18H29F3N2O5/c1-16(2,3)12(22-15(26)27-7)13(24)23-9-10(18(19,20)21)8-11(23)14(25)28-17(4,5)6/h10-12H,8-9H2,1-7H3,(H,22,26)/t10-,11-,12-/m1/s1. The van der Waals surface area contributed by atoms with Gasteiger partial charge < -0.3 is 19.7 Å². The van der Waals surface area contributed by atoms with Gasteiger partial charge in [-0.15, -0.1) is 0 Å². The number of carbonyl (C=O) groups excluding carboxylic acids is 3. The second-order valence-corrected chi connectivity index (χ2v) is 8.95. The molecule has 1 saturated heterocycles. The largest absolute Gasteiger partial charge is 0.458 e. The van der Waals surface area contributed by atoms with Crippen LogP contribution in [0.25, 0.3) is 0 Å². The predicted octanol–water partition coefficient (Wildman–Crippen LogP) is 2.88. The summed E-state index contributed by atoms with van der Waals surface area (Å²) in [6.45, 7) is 9.02. The molecule has 0 bridgehead atoms. The molecule has 0 aromatic heterocycles. The summed E-state index contributed by atoms with van der Waals surface area (Å²) in [5.74, 6) is -3.55. The third-order valence-corrected chi connectivity index (χ3v) is 4.29. The third kappa shape index (κ3) is 6.27. The fourth-order valence-electron chi connectivity index (χ4n) is 2.90. The highest BCUT2D eigenvalue weighted by molar-refractivity contribution is 5.91. The van der Waals surface area contributed by atoms with Gasteiger partial charge in [-0.25, -0.2) is 9.59 Å². The molecule has 1 aliphatic heterocycles. The topological polar surface area (TPSA) is 84.9 Å². The number of carbonyl (C=O) groups is 3. The summed E-state index contributed by atoms with van der Waals surface area (Å²) in [7, 11) is 1.11. The lowest BCUT2D eigenvalue weighted by atomic mass is 9.85. The first kappa shape index (κ1) is 24.0. The minimum absolute atomic E-state index is 0.584. The quantitative estimate of drug-likeness (QED) is 0.724. The molecule has 28 heavy (non-hydrogen) atoms. The highest BCUT2D eigenvalue weighted by Crippen LogP contribution is 2.38. The number of halogens is 3. The fraction of sp³-hybridized carbons (Fsp3) is 0.833. The van der Waals surface area contributed by atoms with Crippen molar-refractivity contribution in [3.8, 4) is 0 Å². The molecule has 0 aromatic rings. The van der Waals surface area contributed by atoms with Crippen LogP contribution in [-0.4, -0.2) is 60.4 Å². The Morgan fingerprint density at radius 3 is 2.00 bits per heavy atom. The van der Waals surface area contributed by atoms with Crippen molar-refractivity contribution >= 4 is 18.0 Å². The minimum Gasteiger partial charge on any atom is -0.458 e. The fourth-order valence-corrected chi connectivity index (χ4v) is 2.90. The molecule has 0 saturated carbocycles. The van der Waals surface area contributed by atoms with Crippen molar-refractivity contribution in [2.45, 2.75) is 71.8 Å². The van der Waals surface area contributed by atoms with E-state index in [2.05, 4.69) is 10.1 Å². The first-order chi connectivity index (χ1) is 12.5. The van der Waals surface area contributed by atoms with Crippen LogP contribution < -0.4 is 5.32 Å². The van der Waals surface area contributed by atoms with Crippen molar-refractivity contribution in [3.63, 3.8) is 0 Å². The van der Waals surface area contributed by atoms with Gasteiger partial charge in [0.2, 0.25) is 5.91 Å². The summed E-state index contributed by atoms with van der Waals surface area (Å²) in [5, 5.41) is 2.36. The van der Waals surface area contributed by atoms with Gasteiger partial charge in [-0.3, -0.25) is 4.79 Å². The second-order valence-electron chi connectivity index (χ2n) is 8.95. The molecule has 0 aliphatic carbocycles. The highest BCUT2D eigenvalue weighted by atomic mass is 19.4. The van der Waals surface area contributed by atoms with Crippen LogP contribution in [0.2, 0.25) is 0 Å².